The molecule has 0 bridgehead atoms. The monoisotopic (exact) mass is 254 g/mol. The van der Waals surface area contributed by atoms with E-state index in [9.17, 15) is 0 Å². The Bertz CT molecular complexity index is 623. The van der Waals surface area contributed by atoms with Crippen LogP contribution in [-0.2, 0) is 0 Å². The highest BCUT2D eigenvalue weighted by atomic mass is 16.5. The minimum Gasteiger partial charge on any atom is -0.493 e. The molecule has 5 nitrogen and oxygen atoms in total. The lowest BCUT2D eigenvalue weighted by Crippen LogP contribution is -2.04. The van der Waals surface area contributed by atoms with Gasteiger partial charge in [-0.25, -0.2) is 9.97 Å². The van der Waals surface area contributed by atoms with Gasteiger partial charge in [-0.3, -0.25) is 0 Å². The van der Waals surface area contributed by atoms with Crippen molar-refractivity contribution in [3.05, 3.63) is 35.5 Å². The van der Waals surface area contributed by atoms with Crippen molar-refractivity contribution in [1.82, 2.24) is 9.97 Å². The average molecular weight is 254 g/mol. The molecular formula is C14H14N4O. The Labute approximate surface area is 111 Å². The topological polar surface area (TPSA) is 84.8 Å². The van der Waals surface area contributed by atoms with Crippen LogP contribution in [0.2, 0.25) is 0 Å². The molecule has 0 radical (unpaired) electrons. The molecule has 2 rings (SSSR count). The average Bonchev–Trinajstić information content (AvgIpc) is 2.39. The van der Waals surface area contributed by atoms with E-state index in [1.807, 2.05) is 37.3 Å². The van der Waals surface area contributed by atoms with E-state index in [0.717, 1.165) is 5.56 Å². The van der Waals surface area contributed by atoms with Crippen LogP contribution in [0.25, 0.3) is 11.4 Å². The van der Waals surface area contributed by atoms with Crippen molar-refractivity contribution in [2.45, 2.75) is 13.8 Å². The molecule has 0 amide bonds. The second-order valence-corrected chi connectivity index (χ2v) is 3.93. The fraction of sp³-hybridized carbons (Fsp3) is 0.214. The number of rotatable bonds is 3. The molecule has 0 saturated heterocycles. The van der Waals surface area contributed by atoms with Gasteiger partial charge in [0.2, 0.25) is 0 Å². The maximum atomic E-state index is 8.96. The number of hydrogen-bond acceptors (Lipinski definition) is 5. The third kappa shape index (κ3) is 2.47. The predicted molar refractivity (Wildman–Crippen MR) is 72.5 cm³/mol. The number of anilines is 1. The lowest BCUT2D eigenvalue weighted by atomic mass is 10.1. The first-order chi connectivity index (χ1) is 9.17. The summed E-state index contributed by atoms with van der Waals surface area (Å²) in [5, 5.41) is 8.96. The van der Waals surface area contributed by atoms with E-state index in [4.69, 9.17) is 15.7 Å². The highest BCUT2D eigenvalue weighted by Gasteiger charge is 2.13. The Morgan fingerprint density at radius 2 is 2.05 bits per heavy atom. The molecule has 0 fully saturated rings. The van der Waals surface area contributed by atoms with E-state index in [2.05, 4.69) is 9.97 Å². The highest BCUT2D eigenvalue weighted by Crippen LogP contribution is 2.28. The number of nitrogens with zero attached hydrogens (tertiary/aromatic N) is 3. The number of aromatic nitrogens is 2. The molecule has 0 aliphatic rings. The van der Waals surface area contributed by atoms with Crippen LogP contribution >= 0.6 is 0 Å². The molecular weight excluding hydrogens is 240 g/mol. The summed E-state index contributed by atoms with van der Waals surface area (Å²) in [6.07, 6.45) is 0. The van der Waals surface area contributed by atoms with Crippen molar-refractivity contribution in [3.8, 4) is 23.2 Å². The van der Waals surface area contributed by atoms with Crippen molar-refractivity contribution in [2.24, 2.45) is 0 Å². The van der Waals surface area contributed by atoms with Crippen LogP contribution in [0.4, 0.5) is 5.82 Å². The fourth-order valence-corrected chi connectivity index (χ4v) is 1.79. The van der Waals surface area contributed by atoms with Gasteiger partial charge in [0, 0.05) is 0 Å². The molecule has 2 N–H and O–H groups in total. The number of benzene rings is 1. The van der Waals surface area contributed by atoms with E-state index in [-0.39, 0.29) is 5.82 Å². The SMILES string of the molecule is CCOc1ccccc1-c1nc(C)c(C#N)c(N)n1. The molecule has 0 saturated carbocycles. The summed E-state index contributed by atoms with van der Waals surface area (Å²) in [5.74, 6) is 1.36. The fourth-order valence-electron chi connectivity index (χ4n) is 1.79. The smallest absolute Gasteiger partial charge is 0.165 e. The third-order valence-corrected chi connectivity index (χ3v) is 2.66. The van der Waals surface area contributed by atoms with Crippen LogP contribution in [0, 0.1) is 18.3 Å². The zero-order chi connectivity index (χ0) is 13.8. The number of nitriles is 1. The first kappa shape index (κ1) is 12.8. The van der Waals surface area contributed by atoms with E-state index >= 15 is 0 Å². The Hall–Kier alpha value is -2.61. The minimum atomic E-state index is 0.191. The molecule has 1 aromatic heterocycles. The molecule has 1 aromatic carbocycles. The number of para-hydroxylation sites is 1. The van der Waals surface area contributed by atoms with Crippen molar-refractivity contribution >= 4 is 5.82 Å². The van der Waals surface area contributed by atoms with Crippen LogP contribution in [0.3, 0.4) is 0 Å². The van der Waals surface area contributed by atoms with Gasteiger partial charge in [-0.2, -0.15) is 5.26 Å². The van der Waals surface area contributed by atoms with Gasteiger partial charge in [0.25, 0.3) is 0 Å². The second kappa shape index (κ2) is 5.36. The summed E-state index contributed by atoms with van der Waals surface area (Å²) in [4.78, 5) is 8.51. The van der Waals surface area contributed by atoms with Crippen molar-refractivity contribution < 1.29 is 4.74 Å². The first-order valence-electron chi connectivity index (χ1n) is 5.93. The van der Waals surface area contributed by atoms with Crippen molar-refractivity contribution in [3.63, 3.8) is 0 Å². The number of aryl methyl sites for hydroxylation is 1. The minimum absolute atomic E-state index is 0.191. The molecule has 1 heterocycles. The number of ether oxygens (including phenoxy) is 1. The van der Waals surface area contributed by atoms with Gasteiger partial charge in [0.1, 0.15) is 23.2 Å². The van der Waals surface area contributed by atoms with Crippen LogP contribution in [-0.4, -0.2) is 16.6 Å². The predicted octanol–water partition coefficient (Wildman–Crippen LogP) is 2.30. The molecule has 0 unspecified atom stereocenters. The van der Waals surface area contributed by atoms with E-state index in [1.54, 1.807) is 6.92 Å². The normalized spacial score (nSPS) is 9.95. The van der Waals surface area contributed by atoms with Gasteiger partial charge in [-0.1, -0.05) is 12.1 Å². The van der Waals surface area contributed by atoms with Crippen LogP contribution < -0.4 is 10.5 Å². The molecule has 19 heavy (non-hydrogen) atoms. The Balaban J connectivity index is 2.57. The van der Waals surface area contributed by atoms with Crippen LogP contribution in [0.5, 0.6) is 5.75 Å². The summed E-state index contributed by atoms with van der Waals surface area (Å²) in [6, 6.07) is 9.48. The molecule has 5 heteroatoms. The standard InChI is InChI=1S/C14H14N4O/c1-3-19-12-7-5-4-6-10(12)14-17-9(2)11(8-15)13(16)18-14/h4-7H,3H2,1-2H3,(H2,16,17,18). The molecule has 0 spiro atoms. The Morgan fingerprint density at radius 1 is 1.32 bits per heavy atom. The third-order valence-electron chi connectivity index (χ3n) is 2.66. The summed E-state index contributed by atoms with van der Waals surface area (Å²) in [6.45, 7) is 4.21. The van der Waals surface area contributed by atoms with Gasteiger partial charge in [-0.05, 0) is 26.0 Å². The summed E-state index contributed by atoms with van der Waals surface area (Å²) < 4.78 is 5.54. The molecule has 0 aliphatic carbocycles. The van der Waals surface area contributed by atoms with Crippen molar-refractivity contribution in [1.29, 1.82) is 5.26 Å². The zero-order valence-corrected chi connectivity index (χ0v) is 10.8. The van der Waals surface area contributed by atoms with Gasteiger partial charge in [0.15, 0.2) is 5.82 Å². The van der Waals surface area contributed by atoms with E-state index in [0.29, 0.717) is 29.4 Å². The molecule has 0 atom stereocenters. The van der Waals surface area contributed by atoms with Gasteiger partial charge < -0.3 is 10.5 Å². The maximum Gasteiger partial charge on any atom is 0.165 e. The summed E-state index contributed by atoms with van der Waals surface area (Å²) in [7, 11) is 0. The van der Waals surface area contributed by atoms with Crippen LogP contribution in [0.1, 0.15) is 18.2 Å². The van der Waals surface area contributed by atoms with Gasteiger partial charge in [-0.15, -0.1) is 0 Å². The molecule has 2 aromatic rings. The van der Waals surface area contributed by atoms with E-state index in [1.165, 1.54) is 0 Å². The number of hydrogen-bond donors (Lipinski definition) is 1. The first-order valence-corrected chi connectivity index (χ1v) is 5.93. The van der Waals surface area contributed by atoms with Gasteiger partial charge >= 0.3 is 0 Å². The Kier molecular flexibility index (Phi) is 3.62. The number of nitrogen functional groups attached to an aromatic ring is 1. The quantitative estimate of drug-likeness (QED) is 0.908. The summed E-state index contributed by atoms with van der Waals surface area (Å²) >= 11 is 0. The molecule has 96 valence electrons. The highest BCUT2D eigenvalue weighted by molar-refractivity contribution is 5.67. The van der Waals surface area contributed by atoms with Crippen LogP contribution in [0.15, 0.2) is 24.3 Å². The van der Waals surface area contributed by atoms with Gasteiger partial charge in [0.05, 0.1) is 17.9 Å². The lowest BCUT2D eigenvalue weighted by Gasteiger charge is -2.10. The zero-order valence-electron chi connectivity index (χ0n) is 10.8. The Morgan fingerprint density at radius 3 is 2.68 bits per heavy atom. The maximum absolute atomic E-state index is 8.96. The lowest BCUT2D eigenvalue weighted by molar-refractivity contribution is 0.341. The number of nitrogens with two attached hydrogens (primary N) is 1. The van der Waals surface area contributed by atoms with E-state index < -0.39 is 0 Å². The molecule has 0 aliphatic heterocycles. The van der Waals surface area contributed by atoms with Crippen molar-refractivity contribution in [2.75, 3.05) is 12.3 Å². The second-order valence-electron chi connectivity index (χ2n) is 3.93. The largest absolute Gasteiger partial charge is 0.493 e. The summed E-state index contributed by atoms with van der Waals surface area (Å²) in [5.41, 5.74) is 7.43.